The Hall–Kier alpha value is -3.98. The van der Waals surface area contributed by atoms with Gasteiger partial charge in [0.1, 0.15) is 27.9 Å². The summed E-state index contributed by atoms with van der Waals surface area (Å²) in [5, 5.41) is 2.60. The van der Waals surface area contributed by atoms with Crippen molar-refractivity contribution in [2.45, 2.75) is 37.6 Å². The SMILES string of the molecule is COc1ccc(-c2cccc(Oc3ccc(C4=CCCO4)cc3S(=O)(=O)NC(=O)NC(C)(C)C)c2)cc1. The number of rotatable bonds is 7. The van der Waals surface area contributed by atoms with Crippen molar-refractivity contribution in [3.8, 4) is 28.4 Å². The van der Waals surface area contributed by atoms with E-state index < -0.39 is 21.6 Å². The molecule has 2 amide bonds. The van der Waals surface area contributed by atoms with Gasteiger partial charge in [-0.2, -0.15) is 0 Å². The van der Waals surface area contributed by atoms with Crippen LogP contribution in [0, 0.1) is 0 Å². The third-order valence-corrected chi connectivity index (χ3v) is 6.78. The van der Waals surface area contributed by atoms with Gasteiger partial charge in [0.05, 0.1) is 13.7 Å². The van der Waals surface area contributed by atoms with Gasteiger partial charge in [-0.3, -0.25) is 0 Å². The zero-order valence-corrected chi connectivity index (χ0v) is 22.0. The molecule has 0 saturated carbocycles. The lowest BCUT2D eigenvalue weighted by Crippen LogP contribution is -2.48. The van der Waals surface area contributed by atoms with Gasteiger partial charge in [-0.25, -0.2) is 17.9 Å². The first-order valence-electron chi connectivity index (χ1n) is 11.8. The second kappa shape index (κ2) is 10.6. The molecule has 3 aromatic carbocycles. The topological polar surface area (TPSA) is 103 Å². The third-order valence-electron chi connectivity index (χ3n) is 5.42. The van der Waals surface area contributed by atoms with Crippen LogP contribution in [0.1, 0.15) is 32.8 Å². The molecule has 0 fully saturated rings. The summed E-state index contributed by atoms with van der Waals surface area (Å²) in [6.45, 7) is 5.80. The maximum absolute atomic E-state index is 13.3. The molecule has 0 radical (unpaired) electrons. The van der Waals surface area contributed by atoms with Crippen LogP contribution >= 0.6 is 0 Å². The summed E-state index contributed by atoms with van der Waals surface area (Å²) >= 11 is 0. The summed E-state index contributed by atoms with van der Waals surface area (Å²) in [6, 6.07) is 18.8. The van der Waals surface area contributed by atoms with E-state index in [0.717, 1.165) is 23.3 Å². The van der Waals surface area contributed by atoms with Gasteiger partial charge in [0, 0.05) is 17.5 Å². The summed E-state index contributed by atoms with van der Waals surface area (Å²) in [5.41, 5.74) is 1.78. The summed E-state index contributed by atoms with van der Waals surface area (Å²) < 4.78 is 45.7. The molecule has 0 saturated heterocycles. The number of hydrogen-bond donors (Lipinski definition) is 2. The molecule has 0 atom stereocenters. The van der Waals surface area contributed by atoms with Gasteiger partial charge in [0.2, 0.25) is 0 Å². The fraction of sp³-hybridized carbons (Fsp3) is 0.250. The Bertz CT molecular complexity index is 1420. The van der Waals surface area contributed by atoms with Crippen LogP contribution in [0.4, 0.5) is 4.79 Å². The van der Waals surface area contributed by atoms with Gasteiger partial charge >= 0.3 is 6.03 Å². The van der Waals surface area contributed by atoms with Crippen LogP contribution in [0.15, 0.2) is 77.7 Å². The lowest BCUT2D eigenvalue weighted by Gasteiger charge is -2.21. The second-order valence-electron chi connectivity index (χ2n) is 9.54. The highest BCUT2D eigenvalue weighted by molar-refractivity contribution is 7.90. The molecule has 37 heavy (non-hydrogen) atoms. The molecule has 0 aromatic heterocycles. The van der Waals surface area contributed by atoms with Gasteiger partial charge in [-0.1, -0.05) is 24.3 Å². The third kappa shape index (κ3) is 6.62. The molecule has 0 spiro atoms. The van der Waals surface area contributed by atoms with Crippen LogP contribution in [0.25, 0.3) is 16.9 Å². The quantitative estimate of drug-likeness (QED) is 0.413. The summed E-state index contributed by atoms with van der Waals surface area (Å²) in [5.74, 6) is 1.84. The highest BCUT2D eigenvalue weighted by atomic mass is 32.2. The molecule has 2 N–H and O–H groups in total. The number of carbonyl (C=O) groups excluding carboxylic acids is 1. The van der Waals surface area contributed by atoms with Crippen molar-refractivity contribution in [1.82, 2.24) is 10.0 Å². The molecular weight excluding hydrogens is 492 g/mol. The Labute approximate surface area is 217 Å². The molecule has 8 nitrogen and oxygen atoms in total. The molecule has 0 bridgehead atoms. The van der Waals surface area contributed by atoms with Crippen molar-refractivity contribution in [1.29, 1.82) is 0 Å². The molecule has 194 valence electrons. The normalized spacial score (nSPS) is 13.4. The van der Waals surface area contributed by atoms with E-state index in [2.05, 4.69) is 10.0 Å². The minimum atomic E-state index is -4.29. The molecule has 3 aromatic rings. The van der Waals surface area contributed by atoms with E-state index in [-0.39, 0.29) is 10.6 Å². The lowest BCUT2D eigenvalue weighted by atomic mass is 10.1. The van der Waals surface area contributed by atoms with E-state index >= 15 is 0 Å². The maximum atomic E-state index is 13.3. The number of sulfonamides is 1. The first-order valence-corrected chi connectivity index (χ1v) is 13.3. The standard InChI is InChI=1S/C28H30N2O6S/c1-28(2,3)29-27(31)30-37(32,33)26-18-21(24-9-6-16-35-24)12-15-25(26)36-23-8-5-7-20(17-23)19-10-13-22(34-4)14-11-19/h5,7-15,17-18H,6,16H2,1-4H3,(H2,29,30,31). The second-order valence-corrected chi connectivity index (χ2v) is 11.2. The molecule has 1 heterocycles. The Morgan fingerprint density at radius 3 is 2.30 bits per heavy atom. The number of nitrogens with one attached hydrogen (secondary N) is 2. The highest BCUT2D eigenvalue weighted by Gasteiger charge is 2.26. The molecule has 4 rings (SSSR count). The van der Waals surface area contributed by atoms with Gasteiger partial charge in [0.15, 0.2) is 0 Å². The largest absolute Gasteiger partial charge is 0.497 e. The van der Waals surface area contributed by atoms with E-state index in [4.69, 9.17) is 14.2 Å². The number of ether oxygens (including phenoxy) is 3. The lowest BCUT2D eigenvalue weighted by molar-refractivity contribution is 0.237. The van der Waals surface area contributed by atoms with E-state index in [1.54, 1.807) is 46.1 Å². The van der Waals surface area contributed by atoms with E-state index in [1.807, 2.05) is 48.5 Å². The monoisotopic (exact) mass is 522 g/mol. The Morgan fingerprint density at radius 2 is 1.65 bits per heavy atom. The van der Waals surface area contributed by atoms with Crippen molar-refractivity contribution in [2.75, 3.05) is 13.7 Å². The van der Waals surface area contributed by atoms with Crippen LogP contribution in [0.5, 0.6) is 17.2 Å². The van der Waals surface area contributed by atoms with Crippen LogP contribution < -0.4 is 19.5 Å². The van der Waals surface area contributed by atoms with Crippen molar-refractivity contribution in [3.63, 3.8) is 0 Å². The Kier molecular flexibility index (Phi) is 7.45. The average Bonchev–Trinajstić information content (AvgIpc) is 3.38. The molecular formula is C28H30N2O6S. The molecule has 0 unspecified atom stereocenters. The highest BCUT2D eigenvalue weighted by Crippen LogP contribution is 2.34. The maximum Gasteiger partial charge on any atom is 0.329 e. The van der Waals surface area contributed by atoms with Gasteiger partial charge in [0.25, 0.3) is 10.0 Å². The number of hydrogen-bond acceptors (Lipinski definition) is 6. The number of methoxy groups -OCH3 is 1. The van der Waals surface area contributed by atoms with Gasteiger partial charge < -0.3 is 19.5 Å². The summed E-state index contributed by atoms with van der Waals surface area (Å²) in [6.07, 6.45) is 2.63. The Balaban J connectivity index is 1.68. The summed E-state index contributed by atoms with van der Waals surface area (Å²) in [4.78, 5) is 12.2. The zero-order chi connectivity index (χ0) is 26.6. The van der Waals surface area contributed by atoms with E-state index in [1.165, 1.54) is 6.07 Å². The fourth-order valence-electron chi connectivity index (χ4n) is 3.77. The first kappa shape index (κ1) is 26.1. The van der Waals surface area contributed by atoms with Gasteiger partial charge in [-0.15, -0.1) is 0 Å². The predicted octanol–water partition coefficient (Wildman–Crippen LogP) is 5.70. The zero-order valence-electron chi connectivity index (χ0n) is 21.2. The van der Waals surface area contributed by atoms with Crippen molar-refractivity contribution >= 4 is 21.8 Å². The van der Waals surface area contributed by atoms with E-state index in [0.29, 0.717) is 23.7 Å². The van der Waals surface area contributed by atoms with Crippen LogP contribution in [-0.2, 0) is 14.8 Å². The first-order chi connectivity index (χ1) is 17.5. The number of urea groups is 1. The molecule has 0 aliphatic carbocycles. The Morgan fingerprint density at radius 1 is 0.919 bits per heavy atom. The van der Waals surface area contributed by atoms with Crippen molar-refractivity contribution in [2.24, 2.45) is 0 Å². The predicted molar refractivity (Wildman–Crippen MR) is 142 cm³/mol. The van der Waals surface area contributed by atoms with Crippen LogP contribution in [-0.4, -0.2) is 33.7 Å². The number of amides is 2. The van der Waals surface area contributed by atoms with E-state index in [9.17, 15) is 13.2 Å². The summed E-state index contributed by atoms with van der Waals surface area (Å²) in [7, 11) is -2.68. The molecule has 9 heteroatoms. The van der Waals surface area contributed by atoms with Crippen molar-refractivity contribution < 1.29 is 27.4 Å². The minimum Gasteiger partial charge on any atom is -0.497 e. The van der Waals surface area contributed by atoms with Gasteiger partial charge in [-0.05, 0) is 80.4 Å². The fourth-order valence-corrected chi connectivity index (χ4v) is 4.83. The van der Waals surface area contributed by atoms with Crippen LogP contribution in [0.3, 0.4) is 0 Å². The molecule has 1 aliphatic heterocycles. The average molecular weight is 523 g/mol. The smallest absolute Gasteiger partial charge is 0.329 e. The van der Waals surface area contributed by atoms with Crippen LogP contribution in [0.2, 0.25) is 0 Å². The number of carbonyl (C=O) groups is 1. The number of benzene rings is 3. The molecule has 1 aliphatic rings. The van der Waals surface area contributed by atoms with Crippen molar-refractivity contribution in [3.05, 3.63) is 78.4 Å². The minimum absolute atomic E-state index is 0.0743.